The van der Waals surface area contributed by atoms with Gasteiger partial charge in [-0.3, -0.25) is 9.58 Å². The number of pyridine rings is 1. The average molecular weight is 561 g/mol. The van der Waals surface area contributed by atoms with Crippen LogP contribution < -0.4 is 0 Å². The minimum Gasteiger partial charge on any atom is -0.445 e. The molecule has 0 aliphatic carbocycles. The minimum absolute atomic E-state index is 0.250. The Kier molecular flexibility index (Phi) is 7.08. The van der Waals surface area contributed by atoms with Gasteiger partial charge in [-0.25, -0.2) is 14.3 Å². The molecule has 0 radical (unpaired) electrons. The van der Waals surface area contributed by atoms with Crippen LogP contribution in [-0.2, 0) is 18.4 Å². The fraction of sp³-hybridized carbons (Fsp3) is 0.281. The Morgan fingerprint density at radius 1 is 1.17 bits per heavy atom. The molecule has 1 spiro atoms. The van der Waals surface area contributed by atoms with E-state index in [2.05, 4.69) is 38.9 Å². The van der Waals surface area contributed by atoms with E-state index in [4.69, 9.17) is 4.74 Å². The lowest BCUT2D eigenvalue weighted by atomic mass is 9.87. The maximum Gasteiger partial charge on any atom is 0.410 e. The Labute approximate surface area is 244 Å². The number of carbonyl (C=O) groups is 1. The summed E-state index contributed by atoms with van der Waals surface area (Å²) in [5, 5.41) is 18.5. The third kappa shape index (κ3) is 4.94. The third-order valence-electron chi connectivity index (χ3n) is 8.16. The number of aryl methyl sites for hydroxylation is 1. The molecule has 2 saturated heterocycles. The number of nitriles is 1. The Bertz CT molecular complexity index is 1750. The monoisotopic (exact) mass is 560 g/mol. The van der Waals surface area contributed by atoms with Crippen LogP contribution in [0.4, 0.5) is 4.79 Å². The first-order chi connectivity index (χ1) is 20.4. The molecule has 10 heteroatoms. The smallest absolute Gasteiger partial charge is 0.410 e. The molecular weight excluding hydrogens is 528 g/mol. The van der Waals surface area contributed by atoms with Crippen LogP contribution in [0.25, 0.3) is 22.2 Å². The predicted octanol–water partition coefficient (Wildman–Crippen LogP) is 5.04. The molecule has 3 aromatic heterocycles. The lowest BCUT2D eigenvalue weighted by Gasteiger charge is -2.53. The summed E-state index contributed by atoms with van der Waals surface area (Å²) < 4.78 is 9.16. The maximum atomic E-state index is 13.0. The molecule has 5 heterocycles. The molecule has 2 aliphatic rings. The first-order valence-electron chi connectivity index (χ1n) is 13.9. The molecule has 42 heavy (non-hydrogen) atoms. The van der Waals surface area contributed by atoms with Crippen molar-refractivity contribution in [1.82, 2.24) is 29.2 Å². The van der Waals surface area contributed by atoms with Crippen molar-refractivity contribution in [3.63, 3.8) is 0 Å². The number of aliphatic imine (C=N–C) groups is 1. The van der Waals surface area contributed by atoms with E-state index in [0.29, 0.717) is 25.2 Å². The number of fused-ring (bicyclic) bond motifs is 1. The van der Waals surface area contributed by atoms with Crippen molar-refractivity contribution in [2.75, 3.05) is 19.6 Å². The maximum absolute atomic E-state index is 13.0. The molecule has 0 saturated carbocycles. The Morgan fingerprint density at radius 2 is 1.98 bits per heavy atom. The zero-order chi connectivity index (χ0) is 29.3. The summed E-state index contributed by atoms with van der Waals surface area (Å²) in [5.74, 6) is 0.734. The van der Waals surface area contributed by atoms with Crippen molar-refractivity contribution in [3.8, 4) is 17.2 Å². The highest BCUT2D eigenvalue weighted by atomic mass is 16.6. The number of amides is 1. The van der Waals surface area contributed by atoms with Gasteiger partial charge in [0, 0.05) is 55.8 Å². The van der Waals surface area contributed by atoms with E-state index in [9.17, 15) is 10.1 Å². The summed E-state index contributed by atoms with van der Waals surface area (Å²) in [6, 6.07) is 14.0. The molecule has 0 bridgehead atoms. The number of carbonyl (C=O) groups excluding carboxylic acids is 1. The molecule has 2 fully saturated rings. The minimum atomic E-state index is -0.268. The van der Waals surface area contributed by atoms with E-state index >= 15 is 0 Å². The highest BCUT2D eigenvalue weighted by molar-refractivity contribution is 5.84. The lowest BCUT2D eigenvalue weighted by molar-refractivity contribution is -0.0121. The molecule has 2 aliphatic heterocycles. The molecule has 212 valence electrons. The van der Waals surface area contributed by atoms with E-state index < -0.39 is 0 Å². The summed E-state index contributed by atoms with van der Waals surface area (Å²) in [5.41, 5.74) is 5.73. The number of likely N-dealkylation sites (tertiary alicyclic amines) is 2. The Morgan fingerprint density at radius 3 is 2.69 bits per heavy atom. The summed E-state index contributed by atoms with van der Waals surface area (Å²) >= 11 is 0. The van der Waals surface area contributed by atoms with Gasteiger partial charge < -0.3 is 9.64 Å². The summed E-state index contributed by atoms with van der Waals surface area (Å²) in [7, 11) is 1.88. The highest BCUT2D eigenvalue weighted by Gasteiger charge is 2.53. The van der Waals surface area contributed by atoms with Crippen LogP contribution in [0.5, 0.6) is 0 Å². The van der Waals surface area contributed by atoms with Crippen LogP contribution in [0, 0.1) is 11.3 Å². The van der Waals surface area contributed by atoms with Crippen molar-refractivity contribution in [2.45, 2.75) is 31.9 Å². The summed E-state index contributed by atoms with van der Waals surface area (Å²) in [6.07, 6.45) is 12.8. The van der Waals surface area contributed by atoms with E-state index in [0.717, 1.165) is 52.0 Å². The number of hydrogen-bond donors (Lipinski definition) is 0. The second-order valence-electron chi connectivity index (χ2n) is 10.9. The fourth-order valence-corrected chi connectivity index (χ4v) is 5.96. The normalized spacial score (nSPS) is 16.5. The molecular formula is C32H32N8O2. The number of hydrogen-bond acceptors (Lipinski definition) is 7. The third-order valence-corrected chi connectivity index (χ3v) is 8.16. The molecule has 0 unspecified atom stereocenters. The number of ether oxygens (including phenoxy) is 1. The predicted molar refractivity (Wildman–Crippen MR) is 160 cm³/mol. The van der Waals surface area contributed by atoms with Gasteiger partial charge in [0.2, 0.25) is 0 Å². The van der Waals surface area contributed by atoms with Crippen LogP contribution in [0.2, 0.25) is 0 Å². The molecule has 10 nitrogen and oxygen atoms in total. The molecule has 0 N–H and O–H groups in total. The van der Waals surface area contributed by atoms with Crippen molar-refractivity contribution < 1.29 is 9.53 Å². The van der Waals surface area contributed by atoms with Crippen molar-refractivity contribution in [3.05, 3.63) is 95.8 Å². The average Bonchev–Trinajstić information content (AvgIpc) is 3.74. The van der Waals surface area contributed by atoms with E-state index in [1.165, 1.54) is 0 Å². The first kappa shape index (κ1) is 27.0. The number of aromatic nitrogens is 4. The molecule has 1 aromatic carbocycles. The van der Waals surface area contributed by atoms with Crippen LogP contribution >= 0.6 is 0 Å². The van der Waals surface area contributed by atoms with Crippen LogP contribution in [0.15, 0.2) is 84.2 Å². The van der Waals surface area contributed by atoms with Gasteiger partial charge in [-0.2, -0.15) is 15.5 Å². The van der Waals surface area contributed by atoms with Gasteiger partial charge in [0.25, 0.3) is 0 Å². The zero-order valence-corrected chi connectivity index (χ0v) is 23.8. The van der Waals surface area contributed by atoms with Crippen LogP contribution in [-0.4, -0.2) is 67.2 Å². The van der Waals surface area contributed by atoms with E-state index in [1.54, 1.807) is 15.4 Å². The second kappa shape index (κ2) is 11.0. The van der Waals surface area contributed by atoms with Gasteiger partial charge >= 0.3 is 6.09 Å². The van der Waals surface area contributed by atoms with Gasteiger partial charge in [-0.15, -0.1) is 0 Å². The zero-order valence-electron chi connectivity index (χ0n) is 23.8. The quantitative estimate of drug-likeness (QED) is 0.232. The largest absolute Gasteiger partial charge is 0.445 e. The van der Waals surface area contributed by atoms with Gasteiger partial charge in [-0.1, -0.05) is 36.4 Å². The van der Waals surface area contributed by atoms with Crippen LogP contribution in [0.3, 0.4) is 0 Å². The first-order valence-corrected chi connectivity index (χ1v) is 13.9. The van der Waals surface area contributed by atoms with Gasteiger partial charge in [-0.05, 0) is 49.8 Å². The van der Waals surface area contributed by atoms with E-state index in [-0.39, 0.29) is 18.2 Å². The molecule has 0 atom stereocenters. The molecule has 6 rings (SSSR count). The van der Waals surface area contributed by atoms with Crippen molar-refractivity contribution in [1.29, 1.82) is 5.26 Å². The Balaban J connectivity index is 1.21. The summed E-state index contributed by atoms with van der Waals surface area (Å²) in [4.78, 5) is 21.3. The number of rotatable bonds is 7. The SMILES string of the molecule is C=N/C(=C\C=C(/C)c1cc(-c2cnn(C)c2)cn2ncc(C#N)c12)N1CC2(CCCN2C(=O)OCc2ccccc2)C1. The number of nitrogens with zero attached hydrogens (tertiary/aromatic N) is 8. The van der Waals surface area contributed by atoms with Crippen molar-refractivity contribution >= 4 is 23.9 Å². The van der Waals surface area contributed by atoms with Crippen LogP contribution in [0.1, 0.15) is 36.5 Å². The topological polar surface area (TPSA) is 104 Å². The fourth-order valence-electron chi connectivity index (χ4n) is 5.96. The van der Waals surface area contributed by atoms with Gasteiger partial charge in [0.1, 0.15) is 18.5 Å². The standard InChI is InChI=1S/C32H32N8O2/c1-23(28-14-25(27-17-35-37(3)18-27)19-40-30(28)26(15-33)16-36-40)10-11-29(34-2)38-21-32(22-38)12-7-13-39(32)31(41)42-20-24-8-5-4-6-9-24/h4-6,8-11,14,16-19H,2,7,12-13,20-22H2,1,3H3/b23-10+,29-11+. The Hall–Kier alpha value is -5.17. The second-order valence-corrected chi connectivity index (χ2v) is 10.9. The van der Waals surface area contributed by atoms with E-state index in [1.807, 2.05) is 79.9 Å². The van der Waals surface area contributed by atoms with Gasteiger partial charge in [0.15, 0.2) is 0 Å². The number of allylic oxidation sites excluding steroid dienone is 3. The lowest BCUT2D eigenvalue weighted by Crippen LogP contribution is -2.68. The summed E-state index contributed by atoms with van der Waals surface area (Å²) in [6.45, 7) is 8.12. The van der Waals surface area contributed by atoms with Crippen molar-refractivity contribution in [2.24, 2.45) is 12.0 Å². The highest BCUT2D eigenvalue weighted by Crippen LogP contribution is 2.40. The number of benzene rings is 1. The van der Waals surface area contributed by atoms with Gasteiger partial charge in [0.05, 0.1) is 29.0 Å². The molecule has 4 aromatic rings. The molecule has 1 amide bonds.